The van der Waals surface area contributed by atoms with Gasteiger partial charge in [0.25, 0.3) is 0 Å². The molecular weight excluding hydrogens is 228 g/mol. The summed E-state index contributed by atoms with van der Waals surface area (Å²) in [4.78, 5) is 0. The third-order valence-corrected chi connectivity index (χ3v) is 4.17. The van der Waals surface area contributed by atoms with Crippen molar-refractivity contribution in [3.63, 3.8) is 0 Å². The van der Waals surface area contributed by atoms with Crippen molar-refractivity contribution in [2.24, 2.45) is 12.9 Å². The lowest BCUT2D eigenvalue weighted by Gasteiger charge is -2.36. The largest absolute Gasteiger partial charge is 0.377 e. The van der Waals surface area contributed by atoms with Gasteiger partial charge in [0.15, 0.2) is 0 Å². The second-order valence-electron chi connectivity index (χ2n) is 5.26. The molecule has 5 nitrogen and oxygen atoms in total. The predicted molar refractivity (Wildman–Crippen MR) is 70.8 cm³/mol. The monoisotopic (exact) mass is 252 g/mol. The third-order valence-electron chi connectivity index (χ3n) is 4.17. The van der Waals surface area contributed by atoms with E-state index >= 15 is 0 Å². The minimum Gasteiger partial charge on any atom is -0.377 e. The number of ether oxygens (including phenoxy) is 1. The van der Waals surface area contributed by atoms with Crippen molar-refractivity contribution in [1.82, 2.24) is 15.2 Å². The summed E-state index contributed by atoms with van der Waals surface area (Å²) in [5.41, 5.74) is 4.14. The molecule has 18 heavy (non-hydrogen) atoms. The number of aromatic nitrogens is 2. The topological polar surface area (TPSA) is 65.1 Å². The van der Waals surface area contributed by atoms with Crippen LogP contribution >= 0.6 is 0 Å². The van der Waals surface area contributed by atoms with E-state index < -0.39 is 0 Å². The lowest BCUT2D eigenvalue weighted by atomic mass is 9.88. The maximum Gasteiger partial charge on any atom is 0.0844 e. The van der Waals surface area contributed by atoms with Crippen LogP contribution in [0.3, 0.4) is 0 Å². The summed E-state index contributed by atoms with van der Waals surface area (Å²) in [6.45, 7) is 0. The molecule has 1 aromatic heterocycles. The number of rotatable bonds is 6. The number of aryl methyl sites for hydroxylation is 2. The van der Waals surface area contributed by atoms with Crippen molar-refractivity contribution in [3.8, 4) is 0 Å². The van der Waals surface area contributed by atoms with Crippen molar-refractivity contribution in [2.45, 2.75) is 50.2 Å². The van der Waals surface area contributed by atoms with E-state index in [4.69, 9.17) is 10.6 Å². The van der Waals surface area contributed by atoms with Crippen LogP contribution in [0.2, 0.25) is 0 Å². The van der Waals surface area contributed by atoms with Gasteiger partial charge in [0.05, 0.1) is 17.8 Å². The Morgan fingerprint density at radius 2 is 2.28 bits per heavy atom. The van der Waals surface area contributed by atoms with Crippen LogP contribution in [-0.2, 0) is 18.2 Å². The van der Waals surface area contributed by atoms with E-state index in [0.29, 0.717) is 0 Å². The summed E-state index contributed by atoms with van der Waals surface area (Å²) in [6, 6.07) is 0.213. The number of nitrogens with two attached hydrogens (primary N) is 1. The minimum absolute atomic E-state index is 0.0725. The molecule has 1 aliphatic rings. The molecule has 1 aromatic rings. The summed E-state index contributed by atoms with van der Waals surface area (Å²) >= 11 is 0. The van der Waals surface area contributed by atoms with Crippen LogP contribution in [0.1, 0.15) is 37.7 Å². The molecule has 0 aliphatic heterocycles. The first-order valence-electron chi connectivity index (χ1n) is 6.69. The highest BCUT2D eigenvalue weighted by molar-refractivity contribution is 5.06. The molecule has 102 valence electrons. The lowest BCUT2D eigenvalue weighted by molar-refractivity contribution is -0.0377. The van der Waals surface area contributed by atoms with E-state index in [9.17, 15) is 0 Å². The van der Waals surface area contributed by atoms with Gasteiger partial charge in [-0.05, 0) is 31.2 Å². The molecule has 1 fully saturated rings. The molecule has 5 heteroatoms. The molecule has 1 atom stereocenters. The number of methoxy groups -OCH3 is 1. The smallest absolute Gasteiger partial charge is 0.0844 e. The van der Waals surface area contributed by atoms with Gasteiger partial charge in [-0.25, -0.2) is 0 Å². The van der Waals surface area contributed by atoms with Crippen LogP contribution in [0.15, 0.2) is 12.4 Å². The molecular formula is C13H24N4O. The van der Waals surface area contributed by atoms with E-state index in [1.165, 1.54) is 18.4 Å². The average Bonchev–Trinajstić information content (AvgIpc) is 3.00. The summed E-state index contributed by atoms with van der Waals surface area (Å²) < 4.78 is 7.62. The van der Waals surface area contributed by atoms with Crippen molar-refractivity contribution in [2.75, 3.05) is 7.11 Å². The second-order valence-corrected chi connectivity index (χ2v) is 5.26. The number of hydrazine groups is 1. The Morgan fingerprint density at radius 1 is 1.56 bits per heavy atom. The molecule has 0 aromatic carbocycles. The Hall–Kier alpha value is -0.910. The zero-order valence-electron chi connectivity index (χ0n) is 11.4. The zero-order chi connectivity index (χ0) is 13.0. The summed E-state index contributed by atoms with van der Waals surface area (Å²) in [5.74, 6) is 5.73. The van der Waals surface area contributed by atoms with Gasteiger partial charge < -0.3 is 4.74 Å². The van der Waals surface area contributed by atoms with Crippen LogP contribution in [0.5, 0.6) is 0 Å². The first kappa shape index (κ1) is 13.5. The van der Waals surface area contributed by atoms with Gasteiger partial charge in [-0.2, -0.15) is 5.10 Å². The quantitative estimate of drug-likeness (QED) is 0.589. The van der Waals surface area contributed by atoms with Gasteiger partial charge >= 0.3 is 0 Å². The lowest BCUT2D eigenvalue weighted by Crippen LogP contribution is -2.53. The number of hydrogen-bond acceptors (Lipinski definition) is 4. The fourth-order valence-corrected chi connectivity index (χ4v) is 3.08. The molecule has 0 radical (unpaired) electrons. The number of hydrogen-bond donors (Lipinski definition) is 2. The van der Waals surface area contributed by atoms with E-state index in [1.54, 1.807) is 7.11 Å². The summed E-state index contributed by atoms with van der Waals surface area (Å²) in [6.07, 6.45) is 10.6. The van der Waals surface area contributed by atoms with E-state index in [2.05, 4.69) is 16.7 Å². The van der Waals surface area contributed by atoms with Crippen LogP contribution in [0, 0.1) is 0 Å². The van der Waals surface area contributed by atoms with Gasteiger partial charge in [0.1, 0.15) is 0 Å². The van der Waals surface area contributed by atoms with Crippen molar-refractivity contribution >= 4 is 0 Å². The van der Waals surface area contributed by atoms with Gasteiger partial charge in [0.2, 0.25) is 0 Å². The normalized spacial score (nSPS) is 20.2. The maximum atomic E-state index is 5.78. The standard InChI is InChI=1S/C13H24N4O/c1-17-10-11(9-15-17)5-6-12(16-14)13(18-2)7-3-4-8-13/h9-10,12,16H,3-8,14H2,1-2H3. The van der Waals surface area contributed by atoms with Crippen LogP contribution in [0.25, 0.3) is 0 Å². The molecule has 1 heterocycles. The van der Waals surface area contributed by atoms with Gasteiger partial charge in [-0.15, -0.1) is 0 Å². The third kappa shape index (κ3) is 2.74. The molecule has 2 rings (SSSR count). The Kier molecular flexibility index (Phi) is 4.37. The Balaban J connectivity index is 1.96. The zero-order valence-corrected chi connectivity index (χ0v) is 11.4. The molecule has 1 aliphatic carbocycles. The van der Waals surface area contributed by atoms with E-state index in [0.717, 1.165) is 25.7 Å². The van der Waals surface area contributed by atoms with Crippen molar-refractivity contribution in [1.29, 1.82) is 0 Å². The molecule has 0 spiro atoms. The fraction of sp³-hybridized carbons (Fsp3) is 0.769. The van der Waals surface area contributed by atoms with Crippen molar-refractivity contribution in [3.05, 3.63) is 18.0 Å². The minimum atomic E-state index is -0.0725. The fourth-order valence-electron chi connectivity index (χ4n) is 3.08. The second kappa shape index (κ2) is 5.82. The summed E-state index contributed by atoms with van der Waals surface area (Å²) in [7, 11) is 3.75. The Bertz CT molecular complexity index is 371. The van der Waals surface area contributed by atoms with Gasteiger partial charge in [0, 0.05) is 20.4 Å². The number of nitrogens with one attached hydrogen (secondary N) is 1. The molecule has 3 N–H and O–H groups in total. The highest BCUT2D eigenvalue weighted by atomic mass is 16.5. The van der Waals surface area contributed by atoms with Crippen molar-refractivity contribution < 1.29 is 4.74 Å². The Morgan fingerprint density at radius 3 is 2.78 bits per heavy atom. The molecule has 0 bridgehead atoms. The van der Waals surface area contributed by atoms with Crippen LogP contribution in [0.4, 0.5) is 0 Å². The predicted octanol–water partition coefficient (Wildman–Crippen LogP) is 1.14. The molecule has 0 amide bonds. The van der Waals surface area contributed by atoms with Gasteiger partial charge in [-0.1, -0.05) is 12.8 Å². The first-order valence-corrected chi connectivity index (χ1v) is 6.69. The summed E-state index contributed by atoms with van der Waals surface area (Å²) in [5, 5.41) is 4.19. The first-order chi connectivity index (χ1) is 8.70. The highest BCUT2D eigenvalue weighted by Crippen LogP contribution is 2.36. The van der Waals surface area contributed by atoms with Gasteiger partial charge in [-0.3, -0.25) is 16.0 Å². The van der Waals surface area contributed by atoms with Crippen LogP contribution < -0.4 is 11.3 Å². The van der Waals surface area contributed by atoms with Crippen LogP contribution in [-0.4, -0.2) is 28.5 Å². The Labute approximate surface area is 109 Å². The van der Waals surface area contributed by atoms with E-state index in [-0.39, 0.29) is 11.6 Å². The van der Waals surface area contributed by atoms with E-state index in [1.807, 2.05) is 17.9 Å². The number of nitrogens with zero attached hydrogens (tertiary/aromatic N) is 2. The molecule has 0 saturated heterocycles. The molecule has 1 saturated carbocycles. The SMILES string of the molecule is COC1(C(CCc2cnn(C)c2)NN)CCCC1. The average molecular weight is 252 g/mol. The highest BCUT2D eigenvalue weighted by Gasteiger charge is 2.40. The molecule has 1 unspecified atom stereocenters. The maximum absolute atomic E-state index is 5.78.